The highest BCUT2D eigenvalue weighted by Gasteiger charge is 2.42. The highest BCUT2D eigenvalue weighted by Crippen LogP contribution is 2.44. The molecule has 116 valence electrons. The fourth-order valence-corrected chi connectivity index (χ4v) is 3.04. The lowest BCUT2D eigenvalue weighted by molar-refractivity contribution is 0.0526. The molecule has 0 amide bonds. The van der Waals surface area contributed by atoms with E-state index in [0.717, 1.165) is 12.8 Å². The van der Waals surface area contributed by atoms with Crippen molar-refractivity contribution in [1.82, 2.24) is 4.72 Å². The number of nitrogens with one attached hydrogen (secondary N) is 1. The number of carbonyl (C=O) groups excluding carboxylic acids is 1. The quantitative estimate of drug-likeness (QED) is 0.730. The van der Waals surface area contributed by atoms with Crippen molar-refractivity contribution in [3.8, 4) is 0 Å². The van der Waals surface area contributed by atoms with Crippen molar-refractivity contribution >= 4 is 16.0 Å². The minimum atomic E-state index is -3.63. The van der Waals surface area contributed by atoms with Crippen LogP contribution >= 0.6 is 0 Å². The van der Waals surface area contributed by atoms with E-state index in [9.17, 15) is 18.3 Å². The SMILES string of the molecule is CCOC(=O)c1ccc(S(=O)(=O)NCC2(CO)CC2)cc1. The lowest BCUT2D eigenvalue weighted by Crippen LogP contribution is -2.31. The summed E-state index contributed by atoms with van der Waals surface area (Å²) in [6.45, 7) is 2.18. The Hall–Kier alpha value is -1.44. The van der Waals surface area contributed by atoms with Gasteiger partial charge < -0.3 is 9.84 Å². The van der Waals surface area contributed by atoms with Gasteiger partial charge in [-0.3, -0.25) is 0 Å². The zero-order valence-electron chi connectivity index (χ0n) is 11.8. The Labute approximate surface area is 124 Å². The maximum Gasteiger partial charge on any atom is 0.338 e. The third-order valence-electron chi connectivity index (χ3n) is 3.61. The molecule has 1 fully saturated rings. The van der Waals surface area contributed by atoms with Gasteiger partial charge in [0.25, 0.3) is 0 Å². The van der Waals surface area contributed by atoms with Crippen molar-refractivity contribution < 1.29 is 23.1 Å². The highest BCUT2D eigenvalue weighted by molar-refractivity contribution is 7.89. The molecule has 1 aliphatic carbocycles. The van der Waals surface area contributed by atoms with Gasteiger partial charge in [-0.05, 0) is 44.0 Å². The minimum Gasteiger partial charge on any atom is -0.462 e. The van der Waals surface area contributed by atoms with Crippen molar-refractivity contribution in [2.75, 3.05) is 19.8 Å². The summed E-state index contributed by atoms with van der Waals surface area (Å²) in [6, 6.07) is 5.58. The summed E-state index contributed by atoms with van der Waals surface area (Å²) < 4.78 is 31.6. The topological polar surface area (TPSA) is 92.7 Å². The van der Waals surface area contributed by atoms with Crippen LogP contribution < -0.4 is 4.72 Å². The largest absolute Gasteiger partial charge is 0.462 e. The predicted octanol–water partition coefficient (Wildman–Crippen LogP) is 0.914. The summed E-state index contributed by atoms with van der Waals surface area (Å²) in [5.74, 6) is -0.480. The number of hydrogen-bond donors (Lipinski definition) is 2. The Morgan fingerprint density at radius 1 is 1.33 bits per heavy atom. The Balaban J connectivity index is 2.04. The van der Waals surface area contributed by atoms with Crippen LogP contribution in [-0.2, 0) is 14.8 Å². The molecule has 0 bridgehead atoms. The van der Waals surface area contributed by atoms with E-state index in [4.69, 9.17) is 4.74 Å². The molecule has 21 heavy (non-hydrogen) atoms. The van der Waals surface area contributed by atoms with Gasteiger partial charge in [-0.25, -0.2) is 17.9 Å². The number of benzene rings is 1. The summed E-state index contributed by atoms with van der Waals surface area (Å²) in [7, 11) is -3.63. The summed E-state index contributed by atoms with van der Waals surface area (Å²) in [4.78, 5) is 11.6. The lowest BCUT2D eigenvalue weighted by atomic mass is 10.1. The molecule has 1 aromatic carbocycles. The second-order valence-corrected chi connectivity index (χ2v) is 6.99. The van der Waals surface area contributed by atoms with Crippen LogP contribution in [0.15, 0.2) is 29.2 Å². The van der Waals surface area contributed by atoms with E-state index in [1.54, 1.807) is 6.92 Å². The number of hydrogen-bond acceptors (Lipinski definition) is 5. The van der Waals surface area contributed by atoms with Gasteiger partial charge in [0, 0.05) is 18.6 Å². The van der Waals surface area contributed by atoms with E-state index in [2.05, 4.69) is 4.72 Å². The average molecular weight is 313 g/mol. The van der Waals surface area contributed by atoms with Crippen molar-refractivity contribution in [2.45, 2.75) is 24.7 Å². The van der Waals surface area contributed by atoms with Crippen LogP contribution in [0.1, 0.15) is 30.1 Å². The van der Waals surface area contributed by atoms with Crippen LogP contribution in [0.25, 0.3) is 0 Å². The van der Waals surface area contributed by atoms with Gasteiger partial charge in [0.1, 0.15) is 0 Å². The first-order valence-electron chi connectivity index (χ1n) is 6.80. The summed E-state index contributed by atoms with van der Waals surface area (Å²) in [5.41, 5.74) is 0.0163. The van der Waals surface area contributed by atoms with Crippen LogP contribution in [0.5, 0.6) is 0 Å². The van der Waals surface area contributed by atoms with Crippen molar-refractivity contribution in [2.24, 2.45) is 5.41 Å². The second kappa shape index (κ2) is 6.13. The van der Waals surface area contributed by atoms with E-state index in [1.807, 2.05) is 0 Å². The molecule has 0 unspecified atom stereocenters. The van der Waals surface area contributed by atoms with Crippen molar-refractivity contribution in [3.05, 3.63) is 29.8 Å². The van der Waals surface area contributed by atoms with Gasteiger partial charge in [0.2, 0.25) is 10.0 Å². The normalized spacial score (nSPS) is 16.5. The molecule has 1 aliphatic rings. The first-order chi connectivity index (χ1) is 9.92. The number of aliphatic hydroxyl groups is 1. The van der Waals surface area contributed by atoms with Crippen LogP contribution in [0, 0.1) is 5.41 Å². The molecule has 6 nitrogen and oxygen atoms in total. The van der Waals surface area contributed by atoms with Crippen LogP contribution in [0.2, 0.25) is 0 Å². The fourth-order valence-electron chi connectivity index (χ4n) is 1.88. The van der Waals surface area contributed by atoms with Crippen LogP contribution in [0.4, 0.5) is 0 Å². The van der Waals surface area contributed by atoms with E-state index in [0.29, 0.717) is 5.56 Å². The molecule has 0 heterocycles. The maximum atomic E-state index is 12.1. The molecule has 0 spiro atoms. The molecule has 0 atom stereocenters. The van der Waals surface area contributed by atoms with E-state index in [-0.39, 0.29) is 30.1 Å². The molecule has 2 N–H and O–H groups in total. The molecule has 0 radical (unpaired) electrons. The van der Waals surface area contributed by atoms with Gasteiger partial charge in [0.15, 0.2) is 0 Å². The molecular weight excluding hydrogens is 294 g/mol. The number of ether oxygens (including phenoxy) is 1. The predicted molar refractivity (Wildman–Crippen MR) is 76.3 cm³/mol. The molecule has 0 aliphatic heterocycles. The highest BCUT2D eigenvalue weighted by atomic mass is 32.2. The standard InChI is InChI=1S/C14H19NO5S/c1-2-20-13(17)11-3-5-12(6-4-11)21(18,19)15-9-14(10-16)7-8-14/h3-6,15-16H,2,7-10H2,1H3. The fraction of sp³-hybridized carbons (Fsp3) is 0.500. The number of esters is 1. The molecule has 0 aromatic heterocycles. The van der Waals surface area contributed by atoms with Crippen molar-refractivity contribution in [3.63, 3.8) is 0 Å². The summed E-state index contributed by atoms with van der Waals surface area (Å²) >= 11 is 0. The zero-order chi connectivity index (χ0) is 15.5. The van der Waals surface area contributed by atoms with Crippen molar-refractivity contribution in [1.29, 1.82) is 0 Å². The van der Waals surface area contributed by atoms with Crippen LogP contribution in [0.3, 0.4) is 0 Å². The zero-order valence-corrected chi connectivity index (χ0v) is 12.6. The smallest absolute Gasteiger partial charge is 0.338 e. The van der Waals surface area contributed by atoms with Gasteiger partial charge >= 0.3 is 5.97 Å². The van der Waals surface area contributed by atoms with Crippen LogP contribution in [-0.4, -0.2) is 39.3 Å². The number of sulfonamides is 1. The first kappa shape index (κ1) is 15.9. The Morgan fingerprint density at radius 3 is 2.43 bits per heavy atom. The third-order valence-corrected chi connectivity index (χ3v) is 5.02. The molecule has 7 heteroatoms. The van der Waals surface area contributed by atoms with E-state index in [1.165, 1.54) is 24.3 Å². The lowest BCUT2D eigenvalue weighted by Gasteiger charge is -2.13. The van der Waals surface area contributed by atoms with Gasteiger partial charge in [-0.15, -0.1) is 0 Å². The van der Waals surface area contributed by atoms with Gasteiger partial charge in [0.05, 0.1) is 17.1 Å². The van der Waals surface area contributed by atoms with E-state index < -0.39 is 16.0 Å². The summed E-state index contributed by atoms with van der Waals surface area (Å²) in [5, 5.41) is 9.19. The van der Waals surface area contributed by atoms with E-state index >= 15 is 0 Å². The number of rotatable bonds is 7. The number of carbonyl (C=O) groups is 1. The Morgan fingerprint density at radius 2 is 1.95 bits per heavy atom. The summed E-state index contributed by atoms with van der Waals surface area (Å²) in [6.07, 6.45) is 1.65. The Bertz CT molecular complexity index is 605. The molecule has 1 saturated carbocycles. The Kier molecular flexibility index (Phi) is 4.65. The second-order valence-electron chi connectivity index (χ2n) is 5.23. The van der Waals surface area contributed by atoms with Gasteiger partial charge in [-0.2, -0.15) is 0 Å². The molecule has 1 aromatic rings. The minimum absolute atomic E-state index is 0.0166. The number of aliphatic hydroxyl groups excluding tert-OH is 1. The molecular formula is C14H19NO5S. The maximum absolute atomic E-state index is 12.1. The molecule has 2 rings (SSSR count). The van der Waals surface area contributed by atoms with Gasteiger partial charge in [-0.1, -0.05) is 0 Å². The third kappa shape index (κ3) is 3.81. The first-order valence-corrected chi connectivity index (χ1v) is 8.28. The monoisotopic (exact) mass is 313 g/mol. The molecule has 0 saturated heterocycles. The average Bonchev–Trinajstić information content (AvgIpc) is 3.26.